The van der Waals surface area contributed by atoms with Gasteiger partial charge in [0.25, 0.3) is 0 Å². The first-order chi connectivity index (χ1) is 9.93. The quantitative estimate of drug-likeness (QED) is 0.563. The zero-order valence-electron chi connectivity index (χ0n) is 10.5. The molecule has 0 atom stereocenters. The molecule has 0 aliphatic carbocycles. The maximum Gasteiger partial charge on any atom is 0.217 e. The summed E-state index contributed by atoms with van der Waals surface area (Å²) in [5.41, 5.74) is 3.07. The van der Waals surface area contributed by atoms with Crippen molar-refractivity contribution in [2.75, 3.05) is 0 Å². The van der Waals surface area contributed by atoms with E-state index in [9.17, 15) is 0 Å². The van der Waals surface area contributed by atoms with Crippen LogP contribution in [0, 0.1) is 0 Å². The van der Waals surface area contributed by atoms with E-state index in [2.05, 4.69) is 37.1 Å². The van der Waals surface area contributed by atoms with Crippen LogP contribution in [0.25, 0.3) is 27.7 Å². The van der Waals surface area contributed by atoms with Gasteiger partial charge >= 0.3 is 0 Å². The highest BCUT2D eigenvalue weighted by Crippen LogP contribution is 2.29. The summed E-state index contributed by atoms with van der Waals surface area (Å²) in [6, 6.07) is 16.0. The zero-order valence-corrected chi connectivity index (χ0v) is 11.3. The number of pyridine rings is 1. The number of rotatable bonds is 2. The van der Waals surface area contributed by atoms with Gasteiger partial charge in [-0.1, -0.05) is 36.4 Å². The maximum atomic E-state index is 4.37. The first-order valence-electron chi connectivity index (χ1n) is 6.23. The van der Waals surface area contributed by atoms with Crippen molar-refractivity contribution in [1.82, 2.24) is 19.6 Å². The van der Waals surface area contributed by atoms with Crippen molar-refractivity contribution in [3.05, 3.63) is 60.1 Å². The number of benzene rings is 1. The van der Waals surface area contributed by atoms with Crippen molar-refractivity contribution in [2.24, 2.45) is 0 Å². The van der Waals surface area contributed by atoms with Crippen molar-refractivity contribution in [1.29, 1.82) is 0 Å². The van der Waals surface area contributed by atoms with Gasteiger partial charge < -0.3 is 0 Å². The van der Waals surface area contributed by atoms with Gasteiger partial charge in [-0.25, -0.2) is 0 Å². The molecule has 0 amide bonds. The van der Waals surface area contributed by atoms with Crippen LogP contribution in [0.3, 0.4) is 0 Å². The Morgan fingerprint density at radius 2 is 1.75 bits per heavy atom. The van der Waals surface area contributed by atoms with E-state index >= 15 is 0 Å². The monoisotopic (exact) mass is 278 g/mol. The molecular formula is C15H10N4S. The van der Waals surface area contributed by atoms with Crippen LogP contribution >= 0.6 is 11.3 Å². The summed E-state index contributed by atoms with van der Waals surface area (Å²) in [7, 11) is 0. The second kappa shape index (κ2) is 4.54. The van der Waals surface area contributed by atoms with Gasteiger partial charge in [0.2, 0.25) is 4.96 Å². The third-order valence-corrected chi connectivity index (χ3v) is 3.93. The van der Waals surface area contributed by atoms with Gasteiger partial charge in [-0.05, 0) is 17.7 Å². The van der Waals surface area contributed by atoms with Crippen molar-refractivity contribution < 1.29 is 0 Å². The van der Waals surface area contributed by atoms with Crippen LogP contribution in [-0.4, -0.2) is 19.6 Å². The lowest BCUT2D eigenvalue weighted by Gasteiger charge is -2.02. The number of thiazole rings is 1. The molecule has 0 fully saturated rings. The molecular weight excluding hydrogens is 268 g/mol. The minimum absolute atomic E-state index is 0.778. The Labute approximate surface area is 119 Å². The van der Waals surface area contributed by atoms with Crippen molar-refractivity contribution in [2.45, 2.75) is 0 Å². The summed E-state index contributed by atoms with van der Waals surface area (Å²) in [5.74, 6) is 0.778. The summed E-state index contributed by atoms with van der Waals surface area (Å²) >= 11 is 1.59. The number of aromatic nitrogens is 4. The molecule has 0 spiro atoms. The molecule has 0 aliphatic rings. The lowest BCUT2D eigenvalue weighted by Crippen LogP contribution is -1.92. The number of hydrogen-bond donors (Lipinski definition) is 0. The highest BCUT2D eigenvalue weighted by Gasteiger charge is 2.15. The molecule has 3 aromatic heterocycles. The van der Waals surface area contributed by atoms with E-state index in [0.717, 1.165) is 27.7 Å². The molecule has 96 valence electrons. The first kappa shape index (κ1) is 11.3. The second-order valence-electron chi connectivity index (χ2n) is 4.34. The fourth-order valence-electron chi connectivity index (χ4n) is 2.19. The molecule has 4 rings (SSSR count). The fourth-order valence-corrected chi connectivity index (χ4v) is 3.03. The molecule has 3 heterocycles. The van der Waals surface area contributed by atoms with E-state index in [1.54, 1.807) is 17.5 Å². The fraction of sp³-hybridized carbons (Fsp3) is 0. The molecule has 0 bridgehead atoms. The standard InChI is InChI=1S/C15H10N4S/c1-2-6-11(7-3-1)13-10-20-15-18-17-14(19(13)15)12-8-4-5-9-16-12/h1-10H. The normalized spacial score (nSPS) is 11.0. The molecule has 0 N–H and O–H groups in total. The molecule has 1 aromatic carbocycles. The number of hydrogen-bond acceptors (Lipinski definition) is 4. The van der Waals surface area contributed by atoms with Crippen molar-refractivity contribution >= 4 is 16.3 Å². The first-order valence-corrected chi connectivity index (χ1v) is 7.11. The third kappa shape index (κ3) is 1.71. The summed E-state index contributed by atoms with van der Waals surface area (Å²) < 4.78 is 2.06. The van der Waals surface area contributed by atoms with E-state index in [1.165, 1.54) is 0 Å². The lowest BCUT2D eigenvalue weighted by atomic mass is 10.2. The summed E-state index contributed by atoms with van der Waals surface area (Å²) in [4.78, 5) is 5.25. The number of nitrogens with zero attached hydrogens (tertiary/aromatic N) is 4. The zero-order chi connectivity index (χ0) is 13.4. The van der Waals surface area contributed by atoms with Crippen molar-refractivity contribution in [3.8, 4) is 22.8 Å². The van der Waals surface area contributed by atoms with Crippen LogP contribution in [0.4, 0.5) is 0 Å². The molecule has 0 radical (unpaired) electrons. The minimum atomic E-state index is 0.778. The van der Waals surface area contributed by atoms with Crippen LogP contribution in [0.5, 0.6) is 0 Å². The third-order valence-electron chi connectivity index (χ3n) is 3.11. The highest BCUT2D eigenvalue weighted by atomic mass is 32.1. The van der Waals surface area contributed by atoms with Crippen molar-refractivity contribution in [3.63, 3.8) is 0 Å². The molecule has 20 heavy (non-hydrogen) atoms. The van der Waals surface area contributed by atoms with Crippen LogP contribution in [0.15, 0.2) is 60.1 Å². The molecule has 5 heteroatoms. The van der Waals surface area contributed by atoms with Crippen LogP contribution < -0.4 is 0 Å². The van der Waals surface area contributed by atoms with E-state index in [1.807, 2.05) is 36.4 Å². The molecule has 0 aliphatic heterocycles. The van der Waals surface area contributed by atoms with E-state index < -0.39 is 0 Å². The summed E-state index contributed by atoms with van der Waals surface area (Å²) in [5, 5.41) is 10.6. The molecule has 4 nitrogen and oxygen atoms in total. The van der Waals surface area contributed by atoms with Crippen LogP contribution in [-0.2, 0) is 0 Å². The number of fused-ring (bicyclic) bond motifs is 1. The predicted octanol–water partition coefficient (Wildman–Crippen LogP) is 3.52. The van der Waals surface area contributed by atoms with Gasteiger partial charge in [0.1, 0.15) is 5.69 Å². The second-order valence-corrected chi connectivity index (χ2v) is 5.18. The average Bonchev–Trinajstić information content (AvgIpc) is 3.10. The van der Waals surface area contributed by atoms with E-state index in [4.69, 9.17) is 0 Å². The van der Waals surface area contributed by atoms with Gasteiger partial charge in [-0.2, -0.15) is 0 Å². The Balaban J connectivity index is 1.99. The van der Waals surface area contributed by atoms with Crippen LogP contribution in [0.1, 0.15) is 0 Å². The minimum Gasteiger partial charge on any atom is -0.264 e. The van der Waals surface area contributed by atoms with E-state index in [0.29, 0.717) is 0 Å². The van der Waals surface area contributed by atoms with E-state index in [-0.39, 0.29) is 0 Å². The Morgan fingerprint density at radius 1 is 0.900 bits per heavy atom. The molecule has 0 unspecified atom stereocenters. The SMILES string of the molecule is c1ccc(-c2csc3nnc(-c4ccccn4)n23)cc1. The Morgan fingerprint density at radius 3 is 2.55 bits per heavy atom. The highest BCUT2D eigenvalue weighted by molar-refractivity contribution is 7.15. The molecule has 0 saturated heterocycles. The molecule has 4 aromatic rings. The Hall–Kier alpha value is -2.53. The summed E-state index contributed by atoms with van der Waals surface area (Å²) in [6.07, 6.45) is 1.77. The predicted molar refractivity (Wildman–Crippen MR) is 79.5 cm³/mol. The molecule has 0 saturated carbocycles. The smallest absolute Gasteiger partial charge is 0.217 e. The van der Waals surface area contributed by atoms with Gasteiger partial charge in [-0.15, -0.1) is 21.5 Å². The topological polar surface area (TPSA) is 43.1 Å². The van der Waals surface area contributed by atoms with Gasteiger partial charge in [0, 0.05) is 11.6 Å². The Bertz CT molecular complexity index is 780. The maximum absolute atomic E-state index is 4.37. The Kier molecular flexibility index (Phi) is 2.57. The lowest BCUT2D eigenvalue weighted by molar-refractivity contribution is 1.09. The average molecular weight is 278 g/mol. The summed E-state index contributed by atoms with van der Waals surface area (Å²) in [6.45, 7) is 0. The van der Waals surface area contributed by atoms with Gasteiger partial charge in [-0.3, -0.25) is 9.38 Å². The largest absolute Gasteiger partial charge is 0.264 e. The van der Waals surface area contributed by atoms with Gasteiger partial charge in [0.05, 0.1) is 5.69 Å². The van der Waals surface area contributed by atoms with Crippen LogP contribution in [0.2, 0.25) is 0 Å². The van der Waals surface area contributed by atoms with Gasteiger partial charge in [0.15, 0.2) is 5.82 Å².